The normalized spacial score (nSPS) is 17.1. The van der Waals surface area contributed by atoms with Crippen molar-refractivity contribution in [3.05, 3.63) is 18.2 Å². The largest absolute Gasteiger partial charge is 0.396 e. The fourth-order valence-electron chi connectivity index (χ4n) is 2.53. The topological polar surface area (TPSA) is 75.9 Å². The molecule has 1 heterocycles. The molecule has 2 rings (SSSR count). The highest BCUT2D eigenvalue weighted by Gasteiger charge is 2.25. The number of ether oxygens (including phenoxy) is 1. The third-order valence-corrected chi connectivity index (χ3v) is 5.79. The van der Waals surface area contributed by atoms with E-state index in [0.29, 0.717) is 11.7 Å². The molecular weight excluding hydrogens is 290 g/mol. The van der Waals surface area contributed by atoms with Crippen molar-refractivity contribution in [2.75, 3.05) is 45.0 Å². The molecule has 7 heteroatoms. The predicted molar refractivity (Wildman–Crippen MR) is 84.0 cm³/mol. The third kappa shape index (κ3) is 3.14. The van der Waals surface area contributed by atoms with Crippen LogP contribution in [-0.4, -0.2) is 53.1 Å². The third-order valence-electron chi connectivity index (χ3n) is 3.92. The fourth-order valence-corrected chi connectivity index (χ4v) is 3.56. The molecule has 0 aliphatic carbocycles. The van der Waals surface area contributed by atoms with Gasteiger partial charge in [-0.25, -0.2) is 12.7 Å². The van der Waals surface area contributed by atoms with E-state index in [1.54, 1.807) is 12.1 Å². The van der Waals surface area contributed by atoms with Crippen molar-refractivity contribution < 1.29 is 13.2 Å². The van der Waals surface area contributed by atoms with Crippen LogP contribution in [0.5, 0.6) is 0 Å². The number of nitrogens with two attached hydrogens (primary N) is 1. The van der Waals surface area contributed by atoms with Crippen LogP contribution >= 0.6 is 0 Å². The van der Waals surface area contributed by atoms with Gasteiger partial charge in [0, 0.05) is 40.4 Å². The van der Waals surface area contributed by atoms with E-state index in [0.717, 1.165) is 31.7 Å². The second kappa shape index (κ2) is 6.21. The van der Waals surface area contributed by atoms with Crippen molar-refractivity contribution in [2.45, 2.75) is 23.8 Å². The Kier molecular flexibility index (Phi) is 4.75. The highest BCUT2D eigenvalue weighted by Crippen LogP contribution is 2.32. The Labute approximate surface area is 126 Å². The molecule has 118 valence electrons. The van der Waals surface area contributed by atoms with E-state index in [1.165, 1.54) is 18.4 Å². The van der Waals surface area contributed by atoms with Crippen LogP contribution in [-0.2, 0) is 14.8 Å². The molecular formula is C14H23N3O3S. The average molecular weight is 313 g/mol. The summed E-state index contributed by atoms with van der Waals surface area (Å²) in [7, 11) is 1.42. The van der Waals surface area contributed by atoms with E-state index in [9.17, 15) is 8.42 Å². The number of anilines is 2. The van der Waals surface area contributed by atoms with Crippen LogP contribution in [0.2, 0.25) is 0 Å². The maximum absolute atomic E-state index is 12.3. The molecule has 0 spiro atoms. The van der Waals surface area contributed by atoms with Crippen molar-refractivity contribution in [1.29, 1.82) is 0 Å². The number of para-hydroxylation sites is 1. The molecule has 0 unspecified atom stereocenters. The molecule has 21 heavy (non-hydrogen) atoms. The zero-order chi connectivity index (χ0) is 15.6. The summed E-state index contributed by atoms with van der Waals surface area (Å²) in [6.45, 7) is 1.45. The number of hydrogen-bond donors (Lipinski definition) is 1. The first-order valence-corrected chi connectivity index (χ1v) is 8.41. The summed E-state index contributed by atoms with van der Waals surface area (Å²) >= 11 is 0. The van der Waals surface area contributed by atoms with Crippen molar-refractivity contribution in [3.63, 3.8) is 0 Å². The summed E-state index contributed by atoms with van der Waals surface area (Å²) in [5.41, 5.74) is 7.20. The molecule has 1 aromatic carbocycles. The fraction of sp³-hybridized carbons (Fsp3) is 0.571. The maximum Gasteiger partial charge on any atom is 0.244 e. The second-order valence-corrected chi connectivity index (χ2v) is 7.55. The van der Waals surface area contributed by atoms with Crippen LogP contribution in [0.25, 0.3) is 0 Å². The molecule has 1 fully saturated rings. The van der Waals surface area contributed by atoms with E-state index in [2.05, 4.69) is 4.90 Å². The van der Waals surface area contributed by atoms with Gasteiger partial charge in [0.25, 0.3) is 0 Å². The predicted octanol–water partition coefficient (Wildman–Crippen LogP) is 1.13. The van der Waals surface area contributed by atoms with Crippen molar-refractivity contribution in [3.8, 4) is 0 Å². The minimum absolute atomic E-state index is 0.156. The van der Waals surface area contributed by atoms with Gasteiger partial charge in [-0.05, 0) is 25.0 Å². The lowest BCUT2D eigenvalue weighted by Gasteiger charge is -2.34. The van der Waals surface area contributed by atoms with Crippen LogP contribution in [0.15, 0.2) is 23.1 Å². The molecule has 1 aliphatic rings. The zero-order valence-electron chi connectivity index (χ0n) is 12.7. The molecule has 1 saturated heterocycles. The average Bonchev–Trinajstić information content (AvgIpc) is 2.47. The van der Waals surface area contributed by atoms with Crippen LogP contribution in [0, 0.1) is 0 Å². The Morgan fingerprint density at radius 3 is 2.38 bits per heavy atom. The summed E-state index contributed by atoms with van der Waals surface area (Å²) in [5, 5.41) is 0. The highest BCUT2D eigenvalue weighted by molar-refractivity contribution is 7.89. The molecule has 1 aliphatic heterocycles. The van der Waals surface area contributed by atoms with Gasteiger partial charge >= 0.3 is 0 Å². The number of nitrogen functional groups attached to an aromatic ring is 1. The summed E-state index contributed by atoms with van der Waals surface area (Å²) in [6, 6.07) is 5.46. The van der Waals surface area contributed by atoms with Gasteiger partial charge in [-0.15, -0.1) is 0 Å². The van der Waals surface area contributed by atoms with Gasteiger partial charge in [0.2, 0.25) is 10.0 Å². The molecule has 6 nitrogen and oxygen atoms in total. The Bertz CT molecular complexity index is 595. The smallest absolute Gasteiger partial charge is 0.244 e. The maximum atomic E-state index is 12.3. The van der Waals surface area contributed by atoms with Crippen molar-refractivity contribution in [2.24, 2.45) is 0 Å². The Morgan fingerprint density at radius 1 is 1.19 bits per heavy atom. The number of sulfonamides is 1. The minimum Gasteiger partial charge on any atom is -0.396 e. The SMILES string of the molecule is CN(c1cccc(S(=O)(=O)N(C)C)c1N)C1CCOCC1. The van der Waals surface area contributed by atoms with Gasteiger partial charge in [-0.2, -0.15) is 0 Å². The van der Waals surface area contributed by atoms with E-state index >= 15 is 0 Å². The molecule has 0 aromatic heterocycles. The van der Waals surface area contributed by atoms with Crippen molar-refractivity contribution >= 4 is 21.4 Å². The Morgan fingerprint density at radius 2 is 1.81 bits per heavy atom. The lowest BCUT2D eigenvalue weighted by Crippen LogP contribution is -2.37. The van der Waals surface area contributed by atoms with Gasteiger partial charge in [0.1, 0.15) is 4.90 Å². The van der Waals surface area contributed by atoms with Crippen LogP contribution in [0.3, 0.4) is 0 Å². The highest BCUT2D eigenvalue weighted by atomic mass is 32.2. The van der Waals surface area contributed by atoms with Gasteiger partial charge < -0.3 is 15.4 Å². The Balaban J connectivity index is 2.38. The second-order valence-electron chi connectivity index (χ2n) is 5.43. The van der Waals surface area contributed by atoms with E-state index in [-0.39, 0.29) is 4.90 Å². The quantitative estimate of drug-likeness (QED) is 0.844. The van der Waals surface area contributed by atoms with E-state index in [1.807, 2.05) is 13.1 Å². The van der Waals surface area contributed by atoms with Crippen LogP contribution in [0.4, 0.5) is 11.4 Å². The number of hydrogen-bond acceptors (Lipinski definition) is 5. The monoisotopic (exact) mass is 313 g/mol. The molecule has 0 atom stereocenters. The van der Waals surface area contributed by atoms with Gasteiger partial charge in [-0.3, -0.25) is 0 Å². The van der Waals surface area contributed by atoms with E-state index < -0.39 is 10.0 Å². The van der Waals surface area contributed by atoms with Crippen molar-refractivity contribution in [1.82, 2.24) is 4.31 Å². The molecule has 1 aromatic rings. The van der Waals surface area contributed by atoms with Crippen LogP contribution < -0.4 is 10.6 Å². The first-order chi connectivity index (χ1) is 9.85. The minimum atomic E-state index is -3.54. The molecule has 2 N–H and O–H groups in total. The first kappa shape index (κ1) is 16.1. The standard InChI is InChI=1S/C14H23N3O3S/c1-16(2)21(18,19)13-6-4-5-12(14(13)15)17(3)11-7-9-20-10-8-11/h4-6,11H,7-10,15H2,1-3H3. The first-order valence-electron chi connectivity index (χ1n) is 6.97. The summed E-state index contributed by atoms with van der Waals surface area (Å²) in [4.78, 5) is 2.22. The lowest BCUT2D eigenvalue weighted by molar-refractivity contribution is 0.0855. The molecule has 0 bridgehead atoms. The molecule has 0 amide bonds. The molecule has 0 radical (unpaired) electrons. The number of benzene rings is 1. The van der Waals surface area contributed by atoms with Gasteiger partial charge in [-0.1, -0.05) is 6.07 Å². The van der Waals surface area contributed by atoms with E-state index in [4.69, 9.17) is 10.5 Å². The summed E-state index contributed by atoms with van der Waals surface area (Å²) < 4.78 is 31.2. The number of nitrogens with zero attached hydrogens (tertiary/aromatic N) is 2. The van der Waals surface area contributed by atoms with Gasteiger partial charge in [0.15, 0.2) is 0 Å². The zero-order valence-corrected chi connectivity index (χ0v) is 13.6. The van der Waals surface area contributed by atoms with Gasteiger partial charge in [0.05, 0.1) is 11.4 Å². The summed E-state index contributed by atoms with van der Waals surface area (Å²) in [6.07, 6.45) is 1.83. The summed E-state index contributed by atoms with van der Waals surface area (Å²) in [5.74, 6) is 0. The number of rotatable bonds is 4. The lowest BCUT2D eigenvalue weighted by atomic mass is 10.1. The molecule has 0 saturated carbocycles. The Hall–Kier alpha value is -1.31. The van der Waals surface area contributed by atoms with Crippen LogP contribution in [0.1, 0.15) is 12.8 Å².